The first kappa shape index (κ1) is 15.7. The maximum Gasteiger partial charge on any atom is 0.252 e. The zero-order valence-electron chi connectivity index (χ0n) is 13.0. The Bertz CT molecular complexity index is 862. The molecule has 0 spiro atoms. The zero-order valence-corrected chi connectivity index (χ0v) is 14.6. The van der Waals surface area contributed by atoms with Crippen LogP contribution in [0.5, 0.6) is 0 Å². The summed E-state index contributed by atoms with van der Waals surface area (Å²) in [4.78, 5) is 17.2. The summed E-state index contributed by atoms with van der Waals surface area (Å²) in [5.41, 5.74) is 3.39. The third-order valence-electron chi connectivity index (χ3n) is 3.79. The molecule has 1 unspecified atom stereocenters. The van der Waals surface area contributed by atoms with Crippen molar-refractivity contribution in [2.45, 2.75) is 19.9 Å². The second-order valence-electron chi connectivity index (χ2n) is 5.58. The van der Waals surface area contributed by atoms with Crippen LogP contribution in [0.3, 0.4) is 0 Å². The molecule has 0 aliphatic carbocycles. The summed E-state index contributed by atoms with van der Waals surface area (Å²) < 4.78 is 0.931. The molecule has 1 atom stereocenters. The van der Waals surface area contributed by atoms with Crippen molar-refractivity contribution in [1.29, 1.82) is 0 Å². The van der Waals surface area contributed by atoms with Gasteiger partial charge in [-0.25, -0.2) is 0 Å². The van der Waals surface area contributed by atoms with E-state index < -0.39 is 0 Å². The van der Waals surface area contributed by atoms with Gasteiger partial charge in [0.1, 0.15) is 0 Å². The highest BCUT2D eigenvalue weighted by atomic mass is 79.9. The number of nitrogens with one attached hydrogen (secondary N) is 1. The van der Waals surface area contributed by atoms with E-state index in [2.05, 4.69) is 26.2 Å². The molecule has 1 N–H and O–H groups in total. The molecule has 0 aliphatic heterocycles. The van der Waals surface area contributed by atoms with E-state index in [1.54, 1.807) is 0 Å². The predicted octanol–water partition coefficient (Wildman–Crippen LogP) is 4.80. The lowest BCUT2D eigenvalue weighted by molar-refractivity contribution is 0.0941. The van der Waals surface area contributed by atoms with Crippen LogP contribution in [0.1, 0.15) is 34.6 Å². The summed E-state index contributed by atoms with van der Waals surface area (Å²) in [6, 6.07) is 17.5. The normalized spacial score (nSPS) is 12.1. The summed E-state index contributed by atoms with van der Waals surface area (Å²) >= 11 is 3.46. The molecular formula is C19H17BrN2O. The molecule has 3 rings (SSSR count). The summed E-state index contributed by atoms with van der Waals surface area (Å²) in [5, 5.41) is 3.92. The van der Waals surface area contributed by atoms with Crippen LogP contribution in [0.25, 0.3) is 10.9 Å². The van der Waals surface area contributed by atoms with E-state index in [4.69, 9.17) is 0 Å². The van der Waals surface area contributed by atoms with Crippen LogP contribution in [-0.4, -0.2) is 10.9 Å². The number of aromatic nitrogens is 1. The molecule has 0 bridgehead atoms. The van der Waals surface area contributed by atoms with Gasteiger partial charge in [0.2, 0.25) is 0 Å². The van der Waals surface area contributed by atoms with E-state index in [9.17, 15) is 4.79 Å². The van der Waals surface area contributed by atoms with Crippen LogP contribution in [0.2, 0.25) is 0 Å². The Kier molecular flexibility index (Phi) is 4.44. The molecule has 0 radical (unpaired) electrons. The average Bonchev–Trinajstić information content (AvgIpc) is 2.55. The number of carbonyl (C=O) groups excluding carboxylic acids is 1. The number of hydrogen-bond acceptors (Lipinski definition) is 2. The van der Waals surface area contributed by atoms with Crippen LogP contribution in [-0.2, 0) is 0 Å². The second-order valence-corrected chi connectivity index (χ2v) is 6.49. The number of pyridine rings is 1. The SMILES string of the molecule is Cc1cc(C(=O)NC(C)c2ccccc2)c2cc(Br)ccc2n1. The van der Waals surface area contributed by atoms with Crippen LogP contribution in [0, 0.1) is 6.92 Å². The molecule has 1 amide bonds. The largest absolute Gasteiger partial charge is 0.345 e. The average molecular weight is 369 g/mol. The topological polar surface area (TPSA) is 42.0 Å². The number of carbonyl (C=O) groups is 1. The highest BCUT2D eigenvalue weighted by Gasteiger charge is 2.15. The fraction of sp³-hybridized carbons (Fsp3) is 0.158. The summed E-state index contributed by atoms with van der Waals surface area (Å²) in [5.74, 6) is -0.0880. The first-order valence-corrected chi connectivity index (χ1v) is 8.26. The maximum absolute atomic E-state index is 12.8. The van der Waals surface area contributed by atoms with Crippen molar-refractivity contribution in [3.8, 4) is 0 Å². The van der Waals surface area contributed by atoms with E-state index in [0.717, 1.165) is 26.6 Å². The summed E-state index contributed by atoms with van der Waals surface area (Å²) in [7, 11) is 0. The number of fused-ring (bicyclic) bond motifs is 1. The number of halogens is 1. The molecule has 0 saturated heterocycles. The molecule has 2 aromatic carbocycles. The second kappa shape index (κ2) is 6.50. The minimum atomic E-state index is -0.0880. The maximum atomic E-state index is 12.8. The van der Waals surface area contributed by atoms with Gasteiger partial charge < -0.3 is 5.32 Å². The van der Waals surface area contributed by atoms with Gasteiger partial charge in [-0.1, -0.05) is 46.3 Å². The Morgan fingerprint density at radius 1 is 1.13 bits per heavy atom. The molecular weight excluding hydrogens is 352 g/mol. The molecule has 23 heavy (non-hydrogen) atoms. The van der Waals surface area contributed by atoms with Crippen LogP contribution < -0.4 is 5.32 Å². The fourth-order valence-corrected chi connectivity index (χ4v) is 2.98. The molecule has 0 aliphatic rings. The van der Waals surface area contributed by atoms with Gasteiger partial charge >= 0.3 is 0 Å². The number of hydrogen-bond donors (Lipinski definition) is 1. The number of aryl methyl sites for hydroxylation is 1. The number of nitrogens with zero attached hydrogens (tertiary/aromatic N) is 1. The zero-order chi connectivity index (χ0) is 16.4. The van der Waals surface area contributed by atoms with Gasteiger partial charge in [0.25, 0.3) is 5.91 Å². The third kappa shape index (κ3) is 3.42. The lowest BCUT2D eigenvalue weighted by Crippen LogP contribution is -2.27. The monoisotopic (exact) mass is 368 g/mol. The van der Waals surface area contributed by atoms with Gasteiger partial charge in [0.15, 0.2) is 0 Å². The van der Waals surface area contributed by atoms with Crippen molar-refractivity contribution in [2.75, 3.05) is 0 Å². The Morgan fingerprint density at radius 2 is 1.87 bits per heavy atom. The van der Waals surface area contributed by atoms with Crippen LogP contribution >= 0.6 is 15.9 Å². The third-order valence-corrected chi connectivity index (χ3v) is 4.28. The molecule has 116 valence electrons. The van der Waals surface area contributed by atoms with E-state index in [1.165, 1.54) is 0 Å². The minimum absolute atomic E-state index is 0.0561. The van der Waals surface area contributed by atoms with Gasteiger partial charge in [0.05, 0.1) is 17.1 Å². The fourth-order valence-electron chi connectivity index (χ4n) is 2.62. The highest BCUT2D eigenvalue weighted by Crippen LogP contribution is 2.23. The van der Waals surface area contributed by atoms with Crippen molar-refractivity contribution in [3.05, 3.63) is 75.9 Å². The van der Waals surface area contributed by atoms with Crippen LogP contribution in [0.4, 0.5) is 0 Å². The Morgan fingerprint density at radius 3 is 2.61 bits per heavy atom. The van der Waals surface area contributed by atoms with Crippen molar-refractivity contribution < 1.29 is 4.79 Å². The predicted molar refractivity (Wildman–Crippen MR) is 96.5 cm³/mol. The Balaban J connectivity index is 1.96. The molecule has 0 fully saturated rings. The van der Waals surface area contributed by atoms with E-state index in [0.29, 0.717) is 5.56 Å². The Hall–Kier alpha value is -2.20. The van der Waals surface area contributed by atoms with Crippen molar-refractivity contribution in [3.63, 3.8) is 0 Å². The quantitative estimate of drug-likeness (QED) is 0.721. The smallest absolute Gasteiger partial charge is 0.252 e. The van der Waals surface area contributed by atoms with Gasteiger partial charge in [-0.3, -0.25) is 9.78 Å². The molecule has 4 heteroatoms. The van der Waals surface area contributed by atoms with Crippen molar-refractivity contribution in [2.24, 2.45) is 0 Å². The Labute approximate surface area is 143 Å². The minimum Gasteiger partial charge on any atom is -0.345 e. The number of amides is 1. The molecule has 1 aromatic heterocycles. The van der Waals surface area contributed by atoms with E-state index in [-0.39, 0.29) is 11.9 Å². The first-order valence-electron chi connectivity index (χ1n) is 7.47. The number of rotatable bonds is 3. The molecule has 1 heterocycles. The van der Waals surface area contributed by atoms with Gasteiger partial charge in [0, 0.05) is 15.6 Å². The first-order chi connectivity index (χ1) is 11.0. The molecule has 3 nitrogen and oxygen atoms in total. The molecule has 0 saturated carbocycles. The van der Waals surface area contributed by atoms with E-state index >= 15 is 0 Å². The number of benzene rings is 2. The highest BCUT2D eigenvalue weighted by molar-refractivity contribution is 9.10. The van der Waals surface area contributed by atoms with Crippen LogP contribution in [0.15, 0.2) is 59.1 Å². The van der Waals surface area contributed by atoms with Gasteiger partial charge in [-0.15, -0.1) is 0 Å². The van der Waals surface area contributed by atoms with Crippen molar-refractivity contribution in [1.82, 2.24) is 10.3 Å². The van der Waals surface area contributed by atoms with Gasteiger partial charge in [-0.05, 0) is 43.7 Å². The molecule has 3 aromatic rings. The lowest BCUT2D eigenvalue weighted by atomic mass is 10.0. The summed E-state index contributed by atoms with van der Waals surface area (Å²) in [6.45, 7) is 3.89. The van der Waals surface area contributed by atoms with Crippen molar-refractivity contribution >= 4 is 32.7 Å². The van der Waals surface area contributed by atoms with Gasteiger partial charge in [-0.2, -0.15) is 0 Å². The van der Waals surface area contributed by atoms with E-state index in [1.807, 2.05) is 68.4 Å². The summed E-state index contributed by atoms with van der Waals surface area (Å²) in [6.07, 6.45) is 0. The lowest BCUT2D eigenvalue weighted by Gasteiger charge is -2.15. The standard InChI is InChI=1S/C19H17BrN2O/c1-12-10-17(16-11-15(20)8-9-18(16)21-12)19(23)22-13(2)14-6-4-3-5-7-14/h3-11,13H,1-2H3,(H,22,23).